The molecule has 20 heavy (non-hydrogen) atoms. The van der Waals surface area contributed by atoms with Crippen LogP contribution in [0.25, 0.3) is 0 Å². The third-order valence-electron chi connectivity index (χ3n) is 3.00. The van der Waals surface area contributed by atoms with E-state index in [1.54, 1.807) is 0 Å². The van der Waals surface area contributed by atoms with Crippen molar-refractivity contribution in [1.29, 1.82) is 0 Å². The summed E-state index contributed by atoms with van der Waals surface area (Å²) in [7, 11) is -3.86. The van der Waals surface area contributed by atoms with E-state index in [1.807, 2.05) is 0 Å². The molecule has 1 N–H and O–H groups in total. The van der Waals surface area contributed by atoms with E-state index in [0.29, 0.717) is 12.8 Å². The molecule has 0 radical (unpaired) electrons. The molecule has 110 valence electrons. The molecule has 1 aromatic rings. The van der Waals surface area contributed by atoms with Gasteiger partial charge in [-0.3, -0.25) is 4.79 Å². The zero-order valence-corrected chi connectivity index (χ0v) is 12.8. The molecule has 0 bridgehead atoms. The topological polar surface area (TPSA) is 74.7 Å². The van der Waals surface area contributed by atoms with E-state index in [9.17, 15) is 17.6 Å². The molecule has 0 unspecified atom stereocenters. The lowest BCUT2D eigenvalue weighted by molar-refractivity contribution is -0.137. The predicted octanol–water partition coefficient (Wildman–Crippen LogP) is 2.22. The number of hydrogen-bond acceptors (Lipinski definition) is 3. The van der Waals surface area contributed by atoms with Crippen LogP contribution < -0.4 is 0 Å². The maximum Gasteiger partial charge on any atom is 0.304 e. The molecule has 0 amide bonds. The summed E-state index contributed by atoms with van der Waals surface area (Å²) in [5.74, 6) is -1.73. The molecule has 2 rings (SSSR count). The molecule has 0 atom stereocenters. The van der Waals surface area contributed by atoms with Crippen LogP contribution in [0.2, 0.25) is 0 Å². The SMILES string of the molecule is O=C(O)CCN(C1CC1)S(=O)(=O)c1ccc(Br)c(F)c1. The van der Waals surface area contributed by atoms with E-state index < -0.39 is 21.8 Å². The molecule has 1 aromatic carbocycles. The predicted molar refractivity (Wildman–Crippen MR) is 73.3 cm³/mol. The first kappa shape index (κ1) is 15.4. The van der Waals surface area contributed by atoms with Gasteiger partial charge in [0, 0.05) is 12.6 Å². The summed E-state index contributed by atoms with van der Waals surface area (Å²) in [5, 5.41) is 8.69. The molecule has 0 aromatic heterocycles. The van der Waals surface area contributed by atoms with Crippen LogP contribution in [-0.2, 0) is 14.8 Å². The van der Waals surface area contributed by atoms with Crippen LogP contribution in [0.3, 0.4) is 0 Å². The van der Waals surface area contributed by atoms with Crippen molar-refractivity contribution in [1.82, 2.24) is 4.31 Å². The number of rotatable bonds is 6. The molecule has 1 saturated carbocycles. The van der Waals surface area contributed by atoms with Crippen LogP contribution in [0.15, 0.2) is 27.6 Å². The Bertz CT molecular complexity index is 630. The van der Waals surface area contributed by atoms with Gasteiger partial charge in [0.05, 0.1) is 15.8 Å². The second-order valence-electron chi connectivity index (χ2n) is 4.57. The smallest absolute Gasteiger partial charge is 0.304 e. The third kappa shape index (κ3) is 3.36. The normalized spacial score (nSPS) is 15.6. The minimum absolute atomic E-state index is 0.0972. The Balaban J connectivity index is 2.29. The summed E-state index contributed by atoms with van der Waals surface area (Å²) in [5.41, 5.74) is 0. The lowest BCUT2D eigenvalue weighted by atomic mass is 10.3. The minimum Gasteiger partial charge on any atom is -0.481 e. The molecule has 1 aliphatic rings. The lowest BCUT2D eigenvalue weighted by Gasteiger charge is -2.21. The number of carboxylic acids is 1. The summed E-state index contributed by atoms with van der Waals surface area (Å²) in [4.78, 5) is 10.5. The van der Waals surface area contributed by atoms with Crippen LogP contribution in [-0.4, -0.2) is 36.4 Å². The van der Waals surface area contributed by atoms with Crippen LogP contribution in [0.5, 0.6) is 0 Å². The van der Waals surface area contributed by atoms with Crippen molar-refractivity contribution in [3.63, 3.8) is 0 Å². The van der Waals surface area contributed by atoms with E-state index in [-0.39, 0.29) is 28.4 Å². The fourth-order valence-electron chi connectivity index (χ4n) is 1.84. The highest BCUT2D eigenvalue weighted by Crippen LogP contribution is 2.32. The molecular weight excluding hydrogens is 353 g/mol. The van der Waals surface area contributed by atoms with Gasteiger partial charge in [-0.1, -0.05) is 0 Å². The second-order valence-corrected chi connectivity index (χ2v) is 7.31. The number of aliphatic carboxylic acids is 1. The van der Waals surface area contributed by atoms with Crippen LogP contribution in [0.4, 0.5) is 4.39 Å². The van der Waals surface area contributed by atoms with Gasteiger partial charge >= 0.3 is 5.97 Å². The van der Waals surface area contributed by atoms with Gasteiger partial charge in [-0.15, -0.1) is 0 Å². The molecule has 5 nitrogen and oxygen atoms in total. The second kappa shape index (κ2) is 5.79. The van der Waals surface area contributed by atoms with Crippen molar-refractivity contribution in [3.8, 4) is 0 Å². The highest BCUT2D eigenvalue weighted by atomic mass is 79.9. The van der Waals surface area contributed by atoms with Crippen molar-refractivity contribution in [2.75, 3.05) is 6.54 Å². The van der Waals surface area contributed by atoms with Gasteiger partial charge in [-0.05, 0) is 47.0 Å². The summed E-state index contributed by atoms with van der Waals surface area (Å²) in [6.07, 6.45) is 1.14. The van der Waals surface area contributed by atoms with E-state index in [4.69, 9.17) is 5.11 Å². The molecule has 8 heteroatoms. The monoisotopic (exact) mass is 365 g/mol. The van der Waals surface area contributed by atoms with Gasteiger partial charge in [0.2, 0.25) is 10.0 Å². The number of halogens is 2. The van der Waals surface area contributed by atoms with E-state index >= 15 is 0 Å². The van der Waals surface area contributed by atoms with Crippen molar-refractivity contribution in [2.24, 2.45) is 0 Å². The van der Waals surface area contributed by atoms with Gasteiger partial charge in [0.15, 0.2) is 0 Å². The summed E-state index contributed by atoms with van der Waals surface area (Å²) in [6, 6.07) is 3.39. The molecule has 0 aliphatic heterocycles. The first-order chi connectivity index (χ1) is 9.32. The van der Waals surface area contributed by atoms with Crippen LogP contribution in [0, 0.1) is 5.82 Å². The minimum atomic E-state index is -3.86. The molecule has 0 spiro atoms. The Kier molecular flexibility index (Phi) is 4.46. The number of carbonyl (C=O) groups is 1. The van der Waals surface area contributed by atoms with Crippen LogP contribution >= 0.6 is 15.9 Å². The maximum atomic E-state index is 13.5. The first-order valence-corrected chi connectivity index (χ1v) is 8.24. The standard InChI is InChI=1S/C12H13BrFNO4S/c13-10-4-3-9(7-11(10)14)20(18,19)15(8-1-2-8)6-5-12(16)17/h3-4,7-8H,1-2,5-6H2,(H,16,17). The average Bonchev–Trinajstić information content (AvgIpc) is 3.16. The Labute approximate surface area is 124 Å². The quantitative estimate of drug-likeness (QED) is 0.838. The van der Waals surface area contributed by atoms with Gasteiger partial charge in [0.1, 0.15) is 5.82 Å². The first-order valence-electron chi connectivity index (χ1n) is 6.01. The zero-order valence-electron chi connectivity index (χ0n) is 10.4. The molecule has 1 aliphatic carbocycles. The fraction of sp³-hybridized carbons (Fsp3) is 0.417. The summed E-state index contributed by atoms with van der Waals surface area (Å²) in [6.45, 7) is -0.0972. The summed E-state index contributed by atoms with van der Waals surface area (Å²) >= 11 is 2.96. The fourth-order valence-corrected chi connectivity index (χ4v) is 3.78. The highest BCUT2D eigenvalue weighted by molar-refractivity contribution is 9.10. The van der Waals surface area contributed by atoms with Crippen LogP contribution in [0.1, 0.15) is 19.3 Å². The highest BCUT2D eigenvalue weighted by Gasteiger charge is 2.38. The van der Waals surface area contributed by atoms with Gasteiger partial charge in [-0.25, -0.2) is 12.8 Å². The van der Waals surface area contributed by atoms with Crippen molar-refractivity contribution >= 4 is 31.9 Å². The Morgan fingerprint density at radius 3 is 2.60 bits per heavy atom. The van der Waals surface area contributed by atoms with E-state index in [2.05, 4.69) is 15.9 Å². The number of sulfonamides is 1. The van der Waals surface area contributed by atoms with Crippen molar-refractivity contribution < 1.29 is 22.7 Å². The van der Waals surface area contributed by atoms with Gasteiger partial charge in [0.25, 0.3) is 0 Å². The number of benzene rings is 1. The summed E-state index contributed by atoms with van der Waals surface area (Å²) < 4.78 is 39.7. The molecule has 0 heterocycles. The number of nitrogens with zero attached hydrogens (tertiary/aromatic N) is 1. The third-order valence-corrected chi connectivity index (χ3v) is 5.59. The average molecular weight is 366 g/mol. The van der Waals surface area contributed by atoms with E-state index in [1.165, 1.54) is 12.1 Å². The zero-order chi connectivity index (χ0) is 14.9. The Morgan fingerprint density at radius 2 is 2.10 bits per heavy atom. The Hall–Kier alpha value is -0.990. The largest absolute Gasteiger partial charge is 0.481 e. The van der Waals surface area contributed by atoms with Gasteiger partial charge < -0.3 is 5.11 Å². The maximum absolute atomic E-state index is 13.5. The van der Waals surface area contributed by atoms with E-state index in [0.717, 1.165) is 10.4 Å². The van der Waals surface area contributed by atoms with Crippen molar-refractivity contribution in [2.45, 2.75) is 30.2 Å². The molecule has 0 saturated heterocycles. The number of hydrogen-bond donors (Lipinski definition) is 1. The van der Waals surface area contributed by atoms with Gasteiger partial charge in [-0.2, -0.15) is 4.31 Å². The molecular formula is C12H13BrFNO4S. The Morgan fingerprint density at radius 1 is 1.45 bits per heavy atom. The number of carboxylic acid groups (broad SMARTS) is 1. The van der Waals surface area contributed by atoms with Crippen molar-refractivity contribution in [3.05, 3.63) is 28.5 Å². The lowest BCUT2D eigenvalue weighted by Crippen LogP contribution is -2.35. The molecule has 1 fully saturated rings.